The van der Waals surface area contributed by atoms with Gasteiger partial charge < -0.3 is 9.47 Å². The zero-order valence-electron chi connectivity index (χ0n) is 16.8. The van der Waals surface area contributed by atoms with E-state index in [9.17, 15) is 15.3 Å². The quantitative estimate of drug-likeness (QED) is 0.649. The average Bonchev–Trinajstić information content (AvgIpc) is 3.69. The lowest BCUT2D eigenvalue weighted by atomic mass is 10.1. The molecule has 0 saturated heterocycles. The van der Waals surface area contributed by atoms with Crippen LogP contribution in [0.15, 0.2) is 41.2 Å². The fourth-order valence-electron chi connectivity index (χ4n) is 4.05. The van der Waals surface area contributed by atoms with E-state index in [1.54, 1.807) is 19.2 Å². The Kier molecular flexibility index (Phi) is 4.29. The molecule has 0 spiro atoms. The van der Waals surface area contributed by atoms with E-state index in [1.807, 2.05) is 0 Å². The van der Waals surface area contributed by atoms with E-state index in [0.717, 1.165) is 25.1 Å². The third-order valence-corrected chi connectivity index (χ3v) is 6.10. The van der Waals surface area contributed by atoms with Crippen molar-refractivity contribution in [3.05, 3.63) is 63.6 Å². The SMILES string of the molecule is Cn1c(=O)c(C#N)c(N(CC2CC2)c2ccc(C3CC3)cc2)c2nc(C#N)ccc21. The van der Waals surface area contributed by atoms with Gasteiger partial charge in [-0.1, -0.05) is 12.1 Å². The first-order chi connectivity index (χ1) is 14.6. The first kappa shape index (κ1) is 18.4. The van der Waals surface area contributed by atoms with Gasteiger partial charge in [-0.2, -0.15) is 10.5 Å². The second-order valence-corrected chi connectivity index (χ2v) is 8.30. The third kappa shape index (κ3) is 3.11. The summed E-state index contributed by atoms with van der Waals surface area (Å²) in [5, 5.41) is 19.3. The predicted octanol–water partition coefficient (Wildman–Crippen LogP) is 4.10. The molecular weight excluding hydrogens is 374 g/mol. The Labute approximate surface area is 174 Å². The minimum absolute atomic E-state index is 0.0690. The van der Waals surface area contributed by atoms with Gasteiger partial charge in [-0.3, -0.25) is 4.79 Å². The molecule has 3 aromatic rings. The van der Waals surface area contributed by atoms with Crippen molar-refractivity contribution in [2.24, 2.45) is 13.0 Å². The maximum absolute atomic E-state index is 13.0. The number of aryl methyl sites for hydroxylation is 1. The largest absolute Gasteiger partial charge is 0.338 e. The molecule has 0 bridgehead atoms. The molecule has 0 unspecified atom stereocenters. The number of nitrogens with zero attached hydrogens (tertiary/aromatic N) is 5. The molecule has 5 rings (SSSR count). The summed E-state index contributed by atoms with van der Waals surface area (Å²) in [4.78, 5) is 19.6. The number of pyridine rings is 2. The van der Waals surface area contributed by atoms with Crippen molar-refractivity contribution in [3.8, 4) is 12.1 Å². The van der Waals surface area contributed by atoms with Crippen LogP contribution in [0, 0.1) is 28.6 Å². The molecule has 2 saturated carbocycles. The highest BCUT2D eigenvalue weighted by Gasteiger charge is 2.30. The van der Waals surface area contributed by atoms with Crippen molar-refractivity contribution < 1.29 is 0 Å². The third-order valence-electron chi connectivity index (χ3n) is 6.10. The molecule has 2 aromatic heterocycles. The Morgan fingerprint density at radius 3 is 2.40 bits per heavy atom. The molecule has 6 heteroatoms. The lowest BCUT2D eigenvalue weighted by Crippen LogP contribution is -2.28. The second-order valence-electron chi connectivity index (χ2n) is 8.30. The van der Waals surface area contributed by atoms with Crippen molar-refractivity contribution >= 4 is 22.4 Å². The fourth-order valence-corrected chi connectivity index (χ4v) is 4.05. The van der Waals surface area contributed by atoms with Gasteiger partial charge in [0.15, 0.2) is 0 Å². The van der Waals surface area contributed by atoms with Crippen molar-refractivity contribution in [3.63, 3.8) is 0 Å². The standard InChI is InChI=1S/C24H21N5O/c1-28-21-11-8-18(12-25)27-22(21)23(20(13-26)24(28)30)29(14-15-2-3-15)19-9-6-17(7-10-19)16-4-5-16/h6-11,15-16H,2-5,14H2,1H3. The smallest absolute Gasteiger partial charge is 0.270 e. The predicted molar refractivity (Wildman–Crippen MR) is 115 cm³/mol. The average molecular weight is 395 g/mol. The summed E-state index contributed by atoms with van der Waals surface area (Å²) in [7, 11) is 1.64. The van der Waals surface area contributed by atoms with Crippen LogP contribution in [0.2, 0.25) is 0 Å². The van der Waals surface area contributed by atoms with Gasteiger partial charge in [0.25, 0.3) is 5.56 Å². The minimum atomic E-state index is -0.345. The van der Waals surface area contributed by atoms with E-state index < -0.39 is 0 Å². The molecule has 0 radical (unpaired) electrons. The lowest BCUT2D eigenvalue weighted by molar-refractivity contribution is 0.809. The summed E-state index contributed by atoms with van der Waals surface area (Å²) in [5.74, 6) is 1.19. The van der Waals surface area contributed by atoms with Gasteiger partial charge >= 0.3 is 0 Å². The van der Waals surface area contributed by atoms with E-state index in [0.29, 0.717) is 28.6 Å². The van der Waals surface area contributed by atoms with Gasteiger partial charge in [0.2, 0.25) is 0 Å². The first-order valence-corrected chi connectivity index (χ1v) is 10.3. The van der Waals surface area contributed by atoms with Gasteiger partial charge in [0, 0.05) is 19.3 Å². The van der Waals surface area contributed by atoms with Gasteiger partial charge in [0.1, 0.15) is 28.9 Å². The highest BCUT2D eigenvalue weighted by atomic mass is 16.1. The van der Waals surface area contributed by atoms with Crippen molar-refractivity contribution in [2.75, 3.05) is 11.4 Å². The number of hydrogen-bond acceptors (Lipinski definition) is 5. The van der Waals surface area contributed by atoms with Gasteiger partial charge in [-0.15, -0.1) is 0 Å². The number of benzene rings is 1. The molecule has 2 aliphatic rings. The molecular formula is C24H21N5O. The molecule has 30 heavy (non-hydrogen) atoms. The van der Waals surface area contributed by atoms with Crippen molar-refractivity contribution in [1.29, 1.82) is 10.5 Å². The van der Waals surface area contributed by atoms with Gasteiger partial charge in [0.05, 0.1) is 11.2 Å². The van der Waals surface area contributed by atoms with Crippen molar-refractivity contribution in [1.82, 2.24) is 9.55 Å². The molecule has 2 heterocycles. The molecule has 0 amide bonds. The van der Waals surface area contributed by atoms with Crippen LogP contribution >= 0.6 is 0 Å². The van der Waals surface area contributed by atoms with E-state index in [2.05, 4.69) is 46.3 Å². The van der Waals surface area contributed by atoms with Crippen LogP contribution in [0.3, 0.4) is 0 Å². The summed E-state index contributed by atoms with van der Waals surface area (Å²) in [6.07, 6.45) is 4.75. The summed E-state index contributed by atoms with van der Waals surface area (Å²) in [5.41, 5.74) is 3.91. The number of aromatic nitrogens is 2. The number of nitriles is 2. The molecule has 0 atom stereocenters. The number of fused-ring (bicyclic) bond motifs is 1. The number of anilines is 2. The molecule has 148 valence electrons. The van der Waals surface area contributed by atoms with Gasteiger partial charge in [-0.05, 0) is 67.3 Å². The highest BCUT2D eigenvalue weighted by Crippen LogP contribution is 2.42. The monoisotopic (exact) mass is 395 g/mol. The first-order valence-electron chi connectivity index (χ1n) is 10.3. The van der Waals surface area contributed by atoms with Crippen LogP contribution in [0.4, 0.5) is 11.4 Å². The molecule has 2 fully saturated rings. The molecule has 0 aliphatic heterocycles. The summed E-state index contributed by atoms with van der Waals surface area (Å²) in [6, 6.07) is 16.0. The van der Waals surface area contributed by atoms with E-state index in [4.69, 9.17) is 0 Å². The zero-order valence-corrected chi connectivity index (χ0v) is 16.8. The van der Waals surface area contributed by atoms with Crippen LogP contribution in [0.1, 0.15) is 48.4 Å². The van der Waals surface area contributed by atoms with E-state index in [1.165, 1.54) is 23.0 Å². The number of hydrogen-bond donors (Lipinski definition) is 0. The van der Waals surface area contributed by atoms with Crippen LogP contribution < -0.4 is 10.5 Å². The summed E-state index contributed by atoms with van der Waals surface area (Å²) >= 11 is 0. The number of rotatable bonds is 5. The second kappa shape index (κ2) is 7.00. The van der Waals surface area contributed by atoms with Crippen LogP contribution in [0.5, 0.6) is 0 Å². The van der Waals surface area contributed by atoms with Crippen molar-refractivity contribution in [2.45, 2.75) is 31.6 Å². The Bertz CT molecular complexity index is 1280. The molecule has 6 nitrogen and oxygen atoms in total. The zero-order chi connectivity index (χ0) is 20.8. The maximum Gasteiger partial charge on any atom is 0.270 e. The fraction of sp³-hybridized carbons (Fsp3) is 0.333. The molecule has 2 aliphatic carbocycles. The van der Waals surface area contributed by atoms with Crippen LogP contribution in [0.25, 0.3) is 11.0 Å². The normalized spacial score (nSPS) is 15.6. The Morgan fingerprint density at radius 1 is 1.07 bits per heavy atom. The van der Waals surface area contributed by atoms with E-state index >= 15 is 0 Å². The Balaban J connectivity index is 1.76. The van der Waals surface area contributed by atoms with E-state index in [-0.39, 0.29) is 16.8 Å². The Morgan fingerprint density at radius 2 is 1.80 bits per heavy atom. The van der Waals surface area contributed by atoms with Crippen LogP contribution in [-0.2, 0) is 7.05 Å². The summed E-state index contributed by atoms with van der Waals surface area (Å²) in [6.45, 7) is 0.720. The lowest BCUT2D eigenvalue weighted by Gasteiger charge is -2.27. The topological polar surface area (TPSA) is 85.7 Å². The van der Waals surface area contributed by atoms with Crippen LogP contribution in [-0.4, -0.2) is 16.1 Å². The molecule has 0 N–H and O–H groups in total. The Hall–Kier alpha value is -3.64. The molecule has 1 aromatic carbocycles. The van der Waals surface area contributed by atoms with Gasteiger partial charge in [-0.25, -0.2) is 4.98 Å². The minimum Gasteiger partial charge on any atom is -0.338 e. The highest BCUT2D eigenvalue weighted by molar-refractivity contribution is 5.94. The summed E-state index contributed by atoms with van der Waals surface area (Å²) < 4.78 is 1.44. The maximum atomic E-state index is 13.0.